The Morgan fingerprint density at radius 3 is 2.94 bits per heavy atom. The van der Waals surface area contributed by atoms with Gasteiger partial charge in [0, 0.05) is 29.7 Å². The molecule has 0 saturated carbocycles. The number of aryl methyl sites for hydroxylation is 1. The minimum Gasteiger partial charge on any atom is -0.481 e. The maximum Gasteiger partial charge on any atom is 0.217 e. The molecule has 0 aliphatic rings. The summed E-state index contributed by atoms with van der Waals surface area (Å²) < 4.78 is 5.23. The molecule has 0 spiro atoms. The number of hydrogen-bond donors (Lipinski definition) is 1. The van der Waals surface area contributed by atoms with Crippen molar-refractivity contribution in [2.24, 2.45) is 0 Å². The molecule has 0 unspecified atom stereocenters. The third-order valence-electron chi connectivity index (χ3n) is 2.86. The zero-order valence-corrected chi connectivity index (χ0v) is 11.6. The van der Waals surface area contributed by atoms with Crippen molar-refractivity contribution >= 4 is 11.3 Å². The summed E-state index contributed by atoms with van der Waals surface area (Å²) in [5, 5.41) is 5.60. The Hall–Kier alpha value is -1.39. The summed E-state index contributed by atoms with van der Waals surface area (Å²) in [4.78, 5) is 5.60. The maximum absolute atomic E-state index is 5.23. The van der Waals surface area contributed by atoms with Gasteiger partial charge in [0.15, 0.2) is 0 Å². The van der Waals surface area contributed by atoms with Crippen LogP contribution < -0.4 is 10.1 Å². The van der Waals surface area contributed by atoms with Crippen LogP contribution in [0, 0.1) is 0 Å². The highest BCUT2D eigenvalue weighted by Gasteiger charge is 2.04. The highest BCUT2D eigenvalue weighted by atomic mass is 32.1. The lowest BCUT2D eigenvalue weighted by molar-refractivity contribution is 0.390. The van der Waals surface area contributed by atoms with E-state index in [1.54, 1.807) is 13.3 Å². The maximum atomic E-state index is 5.23. The molecule has 0 saturated heterocycles. The second kappa shape index (κ2) is 6.52. The first kappa shape index (κ1) is 13.1. The molecule has 0 atom stereocenters. The summed E-state index contributed by atoms with van der Waals surface area (Å²) in [5.74, 6) is 0.701. The molecule has 0 amide bonds. The number of nitrogens with zero attached hydrogens (tertiary/aromatic N) is 1. The molecule has 4 heteroatoms. The number of rotatable bonds is 6. The van der Waals surface area contributed by atoms with Crippen molar-refractivity contribution in [2.45, 2.75) is 26.4 Å². The fourth-order valence-corrected chi connectivity index (χ4v) is 2.84. The third-order valence-corrected chi connectivity index (χ3v) is 3.83. The van der Waals surface area contributed by atoms with Gasteiger partial charge in [-0.05, 0) is 29.5 Å². The second-order valence-corrected chi connectivity index (χ2v) is 5.00. The lowest BCUT2D eigenvalue weighted by Crippen LogP contribution is -2.13. The van der Waals surface area contributed by atoms with Crippen molar-refractivity contribution in [3.8, 4) is 5.88 Å². The SMILES string of the molecule is CCc1ccsc1CNCc1cccnc1OC. The Bertz CT molecular complexity index is 496. The molecule has 0 fully saturated rings. The minimum atomic E-state index is 0.701. The number of aromatic nitrogens is 1. The zero-order chi connectivity index (χ0) is 12.8. The van der Waals surface area contributed by atoms with Crippen molar-refractivity contribution < 1.29 is 4.74 Å². The van der Waals surface area contributed by atoms with Crippen LogP contribution in [0.3, 0.4) is 0 Å². The van der Waals surface area contributed by atoms with E-state index in [2.05, 4.69) is 28.7 Å². The van der Waals surface area contributed by atoms with Crippen LogP contribution in [0.2, 0.25) is 0 Å². The van der Waals surface area contributed by atoms with Gasteiger partial charge in [-0.3, -0.25) is 0 Å². The van der Waals surface area contributed by atoms with Crippen molar-refractivity contribution in [3.63, 3.8) is 0 Å². The Balaban J connectivity index is 1.92. The molecule has 0 aromatic carbocycles. The predicted octanol–water partition coefficient (Wildman–Crippen LogP) is 3.00. The Morgan fingerprint density at radius 1 is 1.28 bits per heavy atom. The second-order valence-electron chi connectivity index (χ2n) is 4.00. The molecule has 2 rings (SSSR count). The molecular weight excluding hydrogens is 244 g/mol. The first-order chi connectivity index (χ1) is 8.85. The van der Waals surface area contributed by atoms with Crippen LogP contribution in [-0.2, 0) is 19.5 Å². The molecule has 0 aliphatic carbocycles. The van der Waals surface area contributed by atoms with Gasteiger partial charge in [0.1, 0.15) is 0 Å². The number of hydrogen-bond acceptors (Lipinski definition) is 4. The molecule has 2 aromatic heterocycles. The van der Waals surface area contributed by atoms with E-state index in [0.717, 1.165) is 25.1 Å². The van der Waals surface area contributed by atoms with Crippen LogP contribution in [0.1, 0.15) is 22.9 Å². The van der Waals surface area contributed by atoms with E-state index < -0.39 is 0 Å². The number of nitrogens with one attached hydrogen (secondary N) is 1. The standard InChI is InChI=1S/C14H18N2OS/c1-3-11-6-8-18-13(11)10-15-9-12-5-4-7-16-14(12)17-2/h4-8,15H,3,9-10H2,1-2H3. The first-order valence-corrected chi connectivity index (χ1v) is 6.97. The van der Waals surface area contributed by atoms with Crippen molar-refractivity contribution in [1.82, 2.24) is 10.3 Å². The van der Waals surface area contributed by atoms with E-state index in [9.17, 15) is 0 Å². The average molecular weight is 262 g/mol. The number of pyridine rings is 1. The van der Waals surface area contributed by atoms with Crippen molar-refractivity contribution in [1.29, 1.82) is 0 Å². The molecule has 18 heavy (non-hydrogen) atoms. The lowest BCUT2D eigenvalue weighted by Gasteiger charge is -2.08. The Labute approximate surface area is 112 Å². The van der Waals surface area contributed by atoms with Crippen LogP contribution >= 0.6 is 11.3 Å². The predicted molar refractivity (Wildman–Crippen MR) is 75.0 cm³/mol. The van der Waals surface area contributed by atoms with E-state index in [1.807, 2.05) is 23.5 Å². The van der Waals surface area contributed by atoms with Gasteiger partial charge in [0.2, 0.25) is 5.88 Å². The number of thiophene rings is 1. The molecule has 1 N–H and O–H groups in total. The van der Waals surface area contributed by atoms with E-state index >= 15 is 0 Å². The highest BCUT2D eigenvalue weighted by molar-refractivity contribution is 7.10. The van der Waals surface area contributed by atoms with Gasteiger partial charge in [0.05, 0.1) is 7.11 Å². The smallest absolute Gasteiger partial charge is 0.217 e. The van der Waals surface area contributed by atoms with Gasteiger partial charge in [-0.2, -0.15) is 0 Å². The van der Waals surface area contributed by atoms with Gasteiger partial charge in [-0.25, -0.2) is 4.98 Å². The number of methoxy groups -OCH3 is 1. The molecule has 0 bridgehead atoms. The highest BCUT2D eigenvalue weighted by Crippen LogP contribution is 2.18. The Morgan fingerprint density at radius 2 is 2.17 bits per heavy atom. The molecule has 0 aliphatic heterocycles. The van der Waals surface area contributed by atoms with Gasteiger partial charge >= 0.3 is 0 Å². The molecule has 0 radical (unpaired) electrons. The van der Waals surface area contributed by atoms with Gasteiger partial charge in [-0.1, -0.05) is 13.0 Å². The van der Waals surface area contributed by atoms with Crippen LogP contribution in [0.4, 0.5) is 0 Å². The normalized spacial score (nSPS) is 10.6. The molecule has 2 aromatic rings. The van der Waals surface area contributed by atoms with E-state index in [4.69, 9.17) is 4.74 Å². The summed E-state index contributed by atoms with van der Waals surface area (Å²) in [6, 6.07) is 6.17. The van der Waals surface area contributed by atoms with Gasteiger partial charge in [0.25, 0.3) is 0 Å². The summed E-state index contributed by atoms with van der Waals surface area (Å²) >= 11 is 1.81. The fraction of sp³-hybridized carbons (Fsp3) is 0.357. The number of ether oxygens (including phenoxy) is 1. The quantitative estimate of drug-likeness (QED) is 0.869. The summed E-state index contributed by atoms with van der Waals surface area (Å²) in [6.45, 7) is 3.87. The fourth-order valence-electron chi connectivity index (χ4n) is 1.89. The molecule has 3 nitrogen and oxygen atoms in total. The van der Waals surface area contributed by atoms with Crippen LogP contribution in [0.15, 0.2) is 29.8 Å². The van der Waals surface area contributed by atoms with Crippen molar-refractivity contribution in [3.05, 3.63) is 45.8 Å². The van der Waals surface area contributed by atoms with Gasteiger partial charge < -0.3 is 10.1 Å². The average Bonchev–Trinajstić information content (AvgIpc) is 2.87. The molecular formula is C14H18N2OS. The third kappa shape index (κ3) is 3.09. The Kier molecular flexibility index (Phi) is 4.73. The van der Waals surface area contributed by atoms with Crippen LogP contribution in [0.5, 0.6) is 5.88 Å². The largest absolute Gasteiger partial charge is 0.481 e. The van der Waals surface area contributed by atoms with Crippen LogP contribution in [0.25, 0.3) is 0 Å². The van der Waals surface area contributed by atoms with Crippen molar-refractivity contribution in [2.75, 3.05) is 7.11 Å². The van der Waals surface area contributed by atoms with Crippen LogP contribution in [-0.4, -0.2) is 12.1 Å². The summed E-state index contributed by atoms with van der Waals surface area (Å²) in [5.41, 5.74) is 2.53. The zero-order valence-electron chi connectivity index (χ0n) is 10.8. The topological polar surface area (TPSA) is 34.2 Å². The first-order valence-electron chi connectivity index (χ1n) is 6.09. The minimum absolute atomic E-state index is 0.701. The summed E-state index contributed by atoms with van der Waals surface area (Å²) in [7, 11) is 1.65. The van der Waals surface area contributed by atoms with E-state index in [0.29, 0.717) is 5.88 Å². The molecule has 96 valence electrons. The lowest BCUT2D eigenvalue weighted by atomic mass is 10.2. The van der Waals surface area contributed by atoms with Gasteiger partial charge in [-0.15, -0.1) is 11.3 Å². The monoisotopic (exact) mass is 262 g/mol. The van der Waals surface area contributed by atoms with E-state index in [-0.39, 0.29) is 0 Å². The van der Waals surface area contributed by atoms with E-state index in [1.165, 1.54) is 10.4 Å². The summed E-state index contributed by atoms with van der Waals surface area (Å²) in [6.07, 6.45) is 2.84. The molecule has 2 heterocycles.